The molecule has 108 valence electrons. The van der Waals surface area contributed by atoms with Crippen LogP contribution >= 0.6 is 24.0 Å². The van der Waals surface area contributed by atoms with Crippen molar-refractivity contribution in [2.45, 2.75) is 26.7 Å². The molecule has 0 aliphatic heterocycles. The zero-order chi connectivity index (χ0) is 13.5. The highest BCUT2D eigenvalue weighted by Crippen LogP contribution is 2.13. The number of nitrogens with one attached hydrogen (secondary N) is 1. The van der Waals surface area contributed by atoms with Gasteiger partial charge in [-0.15, -0.1) is 30.6 Å². The molecule has 0 saturated heterocycles. The number of aromatic nitrogens is 2. The largest absolute Gasteiger partial charge is 0.370 e. The van der Waals surface area contributed by atoms with Gasteiger partial charge in [0.25, 0.3) is 0 Å². The van der Waals surface area contributed by atoms with E-state index in [1.807, 2.05) is 18.7 Å². The Bertz CT molecular complexity index is 436. The van der Waals surface area contributed by atoms with Gasteiger partial charge in [-0.25, -0.2) is 0 Å². The molecule has 0 fully saturated rings. The fourth-order valence-corrected chi connectivity index (χ4v) is 1.87. The monoisotopic (exact) mass is 377 g/mol. The molecule has 0 amide bonds. The van der Waals surface area contributed by atoms with Crippen molar-refractivity contribution in [3.63, 3.8) is 0 Å². The van der Waals surface area contributed by atoms with Gasteiger partial charge in [0.1, 0.15) is 0 Å². The standard InChI is InChI=1S/C13H23N5.HI/c1-5-8-15-13(14)16-9-6-7-12-10(2)17-18(4)11(12)3;/h5H,1,6-9H2,2-4H3,(H3,14,15,16);1H. The van der Waals surface area contributed by atoms with Crippen LogP contribution in [0.3, 0.4) is 0 Å². The highest BCUT2D eigenvalue weighted by Gasteiger charge is 2.08. The number of aliphatic imine (C=N–C) groups is 1. The lowest BCUT2D eigenvalue weighted by Gasteiger charge is -2.03. The SMILES string of the molecule is C=CCNC(N)=NCCCc1c(C)nn(C)c1C.I. The number of halogens is 1. The fourth-order valence-electron chi connectivity index (χ4n) is 1.87. The van der Waals surface area contributed by atoms with Crippen LogP contribution in [0.1, 0.15) is 23.4 Å². The zero-order valence-corrected chi connectivity index (χ0v) is 14.3. The lowest BCUT2D eigenvalue weighted by atomic mass is 10.1. The Hall–Kier alpha value is -1.05. The number of rotatable bonds is 6. The molecule has 1 aromatic heterocycles. The van der Waals surface area contributed by atoms with E-state index in [4.69, 9.17) is 5.73 Å². The molecule has 0 radical (unpaired) electrons. The van der Waals surface area contributed by atoms with Gasteiger partial charge in [0.05, 0.1) is 5.69 Å². The van der Waals surface area contributed by atoms with Gasteiger partial charge in [-0.3, -0.25) is 9.67 Å². The highest BCUT2D eigenvalue weighted by molar-refractivity contribution is 14.0. The van der Waals surface area contributed by atoms with Crippen LogP contribution in [0, 0.1) is 13.8 Å². The molecule has 0 saturated carbocycles. The van der Waals surface area contributed by atoms with Crippen LogP contribution < -0.4 is 11.1 Å². The van der Waals surface area contributed by atoms with Crippen molar-refractivity contribution < 1.29 is 0 Å². The summed E-state index contributed by atoms with van der Waals surface area (Å²) in [5.41, 5.74) is 9.34. The smallest absolute Gasteiger partial charge is 0.188 e. The first kappa shape index (κ1) is 17.9. The Kier molecular flexibility index (Phi) is 8.46. The lowest BCUT2D eigenvalue weighted by Crippen LogP contribution is -2.31. The van der Waals surface area contributed by atoms with Gasteiger partial charge in [0.15, 0.2) is 5.96 Å². The van der Waals surface area contributed by atoms with Crippen molar-refractivity contribution in [2.24, 2.45) is 17.8 Å². The zero-order valence-electron chi connectivity index (χ0n) is 11.9. The summed E-state index contributed by atoms with van der Waals surface area (Å²) >= 11 is 0. The lowest BCUT2D eigenvalue weighted by molar-refractivity contribution is 0.728. The van der Waals surface area contributed by atoms with Crippen molar-refractivity contribution in [1.82, 2.24) is 15.1 Å². The fraction of sp³-hybridized carbons (Fsp3) is 0.538. The molecule has 0 spiro atoms. The van der Waals surface area contributed by atoms with E-state index < -0.39 is 0 Å². The highest BCUT2D eigenvalue weighted by atomic mass is 127. The maximum absolute atomic E-state index is 5.68. The summed E-state index contributed by atoms with van der Waals surface area (Å²) < 4.78 is 1.92. The Morgan fingerprint density at radius 3 is 2.74 bits per heavy atom. The third-order valence-corrected chi connectivity index (χ3v) is 2.95. The van der Waals surface area contributed by atoms with E-state index in [0.29, 0.717) is 12.5 Å². The van der Waals surface area contributed by atoms with Crippen LogP contribution in [0.15, 0.2) is 17.6 Å². The van der Waals surface area contributed by atoms with Gasteiger partial charge in [0, 0.05) is 25.8 Å². The minimum atomic E-state index is 0. The van der Waals surface area contributed by atoms with Crippen molar-refractivity contribution >= 4 is 29.9 Å². The van der Waals surface area contributed by atoms with E-state index in [2.05, 4.69) is 28.9 Å². The first-order valence-corrected chi connectivity index (χ1v) is 6.20. The number of hydrogen-bond acceptors (Lipinski definition) is 2. The van der Waals surface area contributed by atoms with E-state index in [-0.39, 0.29) is 24.0 Å². The van der Waals surface area contributed by atoms with Crippen LogP contribution in [-0.4, -0.2) is 28.8 Å². The van der Waals surface area contributed by atoms with E-state index in [9.17, 15) is 0 Å². The average molecular weight is 377 g/mol. The first-order chi connectivity index (χ1) is 8.56. The number of guanidine groups is 1. The maximum atomic E-state index is 5.68. The second-order valence-corrected chi connectivity index (χ2v) is 4.31. The van der Waals surface area contributed by atoms with E-state index in [1.165, 1.54) is 11.3 Å². The second-order valence-electron chi connectivity index (χ2n) is 4.31. The molecular formula is C13H24IN5. The van der Waals surface area contributed by atoms with Crippen molar-refractivity contribution in [2.75, 3.05) is 13.1 Å². The average Bonchev–Trinajstić information content (AvgIpc) is 2.57. The van der Waals surface area contributed by atoms with E-state index in [0.717, 1.165) is 25.1 Å². The van der Waals surface area contributed by atoms with Crippen LogP contribution in [0.2, 0.25) is 0 Å². The quantitative estimate of drug-likeness (QED) is 0.261. The molecule has 0 atom stereocenters. The molecule has 0 aliphatic carbocycles. The van der Waals surface area contributed by atoms with Crippen molar-refractivity contribution in [1.29, 1.82) is 0 Å². The van der Waals surface area contributed by atoms with Crippen LogP contribution in [0.5, 0.6) is 0 Å². The minimum Gasteiger partial charge on any atom is -0.370 e. The normalized spacial score (nSPS) is 11.0. The summed E-state index contributed by atoms with van der Waals surface area (Å²) in [6, 6.07) is 0. The van der Waals surface area contributed by atoms with Gasteiger partial charge in [-0.05, 0) is 32.3 Å². The predicted molar refractivity (Wildman–Crippen MR) is 91.1 cm³/mol. The van der Waals surface area contributed by atoms with Gasteiger partial charge < -0.3 is 11.1 Å². The summed E-state index contributed by atoms with van der Waals surface area (Å²) in [5.74, 6) is 0.481. The first-order valence-electron chi connectivity index (χ1n) is 6.20. The second kappa shape index (κ2) is 8.95. The molecule has 0 unspecified atom stereocenters. The van der Waals surface area contributed by atoms with Crippen LogP contribution in [-0.2, 0) is 13.5 Å². The molecule has 19 heavy (non-hydrogen) atoms. The Balaban J connectivity index is 0.00000324. The Labute approximate surface area is 132 Å². The molecule has 5 nitrogen and oxygen atoms in total. The molecule has 0 aliphatic rings. The van der Waals surface area contributed by atoms with E-state index in [1.54, 1.807) is 6.08 Å². The van der Waals surface area contributed by atoms with Gasteiger partial charge in [-0.2, -0.15) is 5.10 Å². The molecule has 1 aromatic rings. The van der Waals surface area contributed by atoms with Gasteiger partial charge in [-0.1, -0.05) is 6.08 Å². The van der Waals surface area contributed by atoms with Gasteiger partial charge >= 0.3 is 0 Å². The van der Waals surface area contributed by atoms with Crippen molar-refractivity contribution in [3.05, 3.63) is 29.6 Å². The van der Waals surface area contributed by atoms with Crippen LogP contribution in [0.25, 0.3) is 0 Å². The number of aryl methyl sites for hydroxylation is 2. The molecule has 0 bridgehead atoms. The number of nitrogens with zero attached hydrogens (tertiary/aromatic N) is 3. The van der Waals surface area contributed by atoms with Gasteiger partial charge in [0.2, 0.25) is 0 Å². The summed E-state index contributed by atoms with van der Waals surface area (Å²) in [4.78, 5) is 4.25. The van der Waals surface area contributed by atoms with E-state index >= 15 is 0 Å². The molecule has 6 heteroatoms. The molecule has 0 aromatic carbocycles. The third kappa shape index (κ3) is 5.63. The Morgan fingerprint density at radius 1 is 1.53 bits per heavy atom. The summed E-state index contributed by atoms with van der Waals surface area (Å²) in [6.45, 7) is 9.13. The summed E-state index contributed by atoms with van der Waals surface area (Å²) in [6.07, 6.45) is 3.72. The number of nitrogens with two attached hydrogens (primary N) is 1. The summed E-state index contributed by atoms with van der Waals surface area (Å²) in [5, 5.41) is 7.35. The number of hydrogen-bond donors (Lipinski definition) is 2. The minimum absolute atomic E-state index is 0. The molecule has 3 N–H and O–H groups in total. The maximum Gasteiger partial charge on any atom is 0.188 e. The predicted octanol–water partition coefficient (Wildman–Crippen LogP) is 1.68. The Morgan fingerprint density at radius 2 is 2.21 bits per heavy atom. The topological polar surface area (TPSA) is 68.2 Å². The molecular weight excluding hydrogens is 353 g/mol. The molecule has 1 rings (SSSR count). The van der Waals surface area contributed by atoms with Crippen LogP contribution in [0.4, 0.5) is 0 Å². The molecule has 1 heterocycles. The summed E-state index contributed by atoms with van der Waals surface area (Å²) in [7, 11) is 1.97. The third-order valence-electron chi connectivity index (χ3n) is 2.95. The van der Waals surface area contributed by atoms with Crippen molar-refractivity contribution in [3.8, 4) is 0 Å².